The second-order valence-electron chi connectivity index (χ2n) is 7.96. The summed E-state index contributed by atoms with van der Waals surface area (Å²) in [6.07, 6.45) is 11.2. The fraction of sp³-hybridized carbons (Fsp3) is 0.381. The van der Waals surface area contributed by atoms with E-state index in [1.165, 1.54) is 35.1 Å². The van der Waals surface area contributed by atoms with E-state index in [4.69, 9.17) is 0 Å². The maximum absolute atomic E-state index is 4.67. The standard InChI is InChI=1S/C21H20N6S2/c1-12-4-7-15-16(9-12)28-19-17(15)20(24-11-23-19)29-21-26-25-18(27(21)14-5-6-14)13-3-2-8-22-10-13/h2-3,8,10-12,14H,4-7,9H2,1H3/t12-/m1/s1. The van der Waals surface area contributed by atoms with Gasteiger partial charge >= 0.3 is 0 Å². The number of thiophene rings is 1. The Morgan fingerprint density at radius 2 is 2.10 bits per heavy atom. The zero-order valence-electron chi connectivity index (χ0n) is 16.1. The zero-order valence-corrected chi connectivity index (χ0v) is 17.7. The molecule has 0 aromatic carbocycles. The minimum absolute atomic E-state index is 0.470. The molecule has 4 aromatic rings. The third-order valence-corrected chi connectivity index (χ3v) is 7.87. The van der Waals surface area contributed by atoms with Crippen molar-refractivity contribution in [1.82, 2.24) is 29.7 Å². The third kappa shape index (κ3) is 3.05. The van der Waals surface area contributed by atoms with E-state index >= 15 is 0 Å². The summed E-state index contributed by atoms with van der Waals surface area (Å²) in [5.41, 5.74) is 2.46. The van der Waals surface area contributed by atoms with Gasteiger partial charge in [-0.25, -0.2) is 9.97 Å². The molecule has 6 nitrogen and oxygen atoms in total. The smallest absolute Gasteiger partial charge is 0.198 e. The molecule has 1 atom stereocenters. The summed E-state index contributed by atoms with van der Waals surface area (Å²) in [4.78, 5) is 16.1. The van der Waals surface area contributed by atoms with Crippen LogP contribution in [0, 0.1) is 5.92 Å². The van der Waals surface area contributed by atoms with Gasteiger partial charge in [-0.15, -0.1) is 21.5 Å². The van der Waals surface area contributed by atoms with Crippen LogP contribution in [-0.2, 0) is 12.8 Å². The Labute approximate surface area is 176 Å². The first-order valence-corrected chi connectivity index (χ1v) is 11.7. The summed E-state index contributed by atoms with van der Waals surface area (Å²) in [5.74, 6) is 1.65. The molecular formula is C21H20N6S2. The molecule has 8 heteroatoms. The van der Waals surface area contributed by atoms with Gasteiger partial charge < -0.3 is 0 Å². The lowest BCUT2D eigenvalue weighted by Gasteiger charge is -2.18. The van der Waals surface area contributed by atoms with Gasteiger partial charge in [0.15, 0.2) is 11.0 Å². The van der Waals surface area contributed by atoms with E-state index in [0.29, 0.717) is 6.04 Å². The number of hydrogen-bond acceptors (Lipinski definition) is 7. The van der Waals surface area contributed by atoms with Gasteiger partial charge in [0.05, 0.1) is 0 Å². The molecule has 2 aliphatic rings. The van der Waals surface area contributed by atoms with Gasteiger partial charge in [0.1, 0.15) is 16.2 Å². The second kappa shape index (κ2) is 6.88. The van der Waals surface area contributed by atoms with Crippen LogP contribution >= 0.6 is 23.1 Å². The predicted molar refractivity (Wildman–Crippen MR) is 114 cm³/mol. The van der Waals surface area contributed by atoms with Gasteiger partial charge in [0, 0.05) is 34.3 Å². The number of pyridine rings is 1. The number of aryl methyl sites for hydroxylation is 1. The largest absolute Gasteiger partial charge is 0.299 e. The van der Waals surface area contributed by atoms with Crippen LogP contribution in [0.4, 0.5) is 0 Å². The molecule has 0 saturated heterocycles. The number of rotatable bonds is 4. The Morgan fingerprint density at radius 1 is 1.17 bits per heavy atom. The summed E-state index contributed by atoms with van der Waals surface area (Å²) in [5, 5.41) is 12.2. The highest BCUT2D eigenvalue weighted by Crippen LogP contribution is 2.45. The van der Waals surface area contributed by atoms with Crippen LogP contribution in [0.1, 0.15) is 42.7 Å². The minimum atomic E-state index is 0.470. The fourth-order valence-electron chi connectivity index (χ4n) is 4.11. The normalized spacial score (nSPS) is 18.9. The average Bonchev–Trinajstić information content (AvgIpc) is 3.38. The summed E-state index contributed by atoms with van der Waals surface area (Å²) in [7, 11) is 0. The molecule has 0 amide bonds. The molecule has 1 fully saturated rings. The summed E-state index contributed by atoms with van der Waals surface area (Å²) in [6, 6.07) is 4.46. The lowest BCUT2D eigenvalue weighted by atomic mass is 9.89. The van der Waals surface area contributed by atoms with Gasteiger partial charge in [-0.2, -0.15) is 0 Å². The van der Waals surface area contributed by atoms with E-state index < -0.39 is 0 Å². The van der Waals surface area contributed by atoms with Crippen molar-refractivity contribution in [1.29, 1.82) is 0 Å². The lowest BCUT2D eigenvalue weighted by Crippen LogP contribution is -2.08. The average molecular weight is 421 g/mol. The molecule has 146 valence electrons. The summed E-state index contributed by atoms with van der Waals surface area (Å²) < 4.78 is 2.27. The van der Waals surface area contributed by atoms with Crippen LogP contribution in [0.2, 0.25) is 0 Å². The Bertz CT molecular complexity index is 1190. The van der Waals surface area contributed by atoms with Crippen LogP contribution in [0.3, 0.4) is 0 Å². The van der Waals surface area contributed by atoms with E-state index in [2.05, 4.69) is 36.6 Å². The Hall–Kier alpha value is -2.32. The maximum Gasteiger partial charge on any atom is 0.198 e. The van der Waals surface area contributed by atoms with Gasteiger partial charge in [-0.3, -0.25) is 9.55 Å². The predicted octanol–water partition coefficient (Wildman–Crippen LogP) is 4.96. The first-order valence-electron chi connectivity index (χ1n) is 10.1. The number of aromatic nitrogens is 6. The number of hydrogen-bond donors (Lipinski definition) is 0. The highest BCUT2D eigenvalue weighted by atomic mass is 32.2. The van der Waals surface area contributed by atoms with Crippen molar-refractivity contribution < 1.29 is 0 Å². The second-order valence-corrected chi connectivity index (χ2v) is 10.0. The monoisotopic (exact) mass is 420 g/mol. The molecule has 0 aliphatic heterocycles. The molecule has 1 saturated carbocycles. The van der Waals surface area contributed by atoms with Crippen molar-refractivity contribution in [2.45, 2.75) is 55.3 Å². The Balaban J connectivity index is 1.44. The molecule has 0 N–H and O–H groups in total. The van der Waals surface area contributed by atoms with Crippen molar-refractivity contribution in [3.05, 3.63) is 41.3 Å². The van der Waals surface area contributed by atoms with Crippen LogP contribution in [0.15, 0.2) is 41.0 Å². The molecule has 29 heavy (non-hydrogen) atoms. The van der Waals surface area contributed by atoms with E-state index in [1.54, 1.807) is 24.3 Å². The fourth-order valence-corrected chi connectivity index (χ4v) is 6.54. The number of nitrogens with zero attached hydrogens (tertiary/aromatic N) is 6. The SMILES string of the molecule is C[C@@H]1CCc2c(sc3ncnc(Sc4nnc(-c5cccnc5)n4C4CC4)c23)C1. The van der Waals surface area contributed by atoms with Crippen molar-refractivity contribution in [2.75, 3.05) is 0 Å². The third-order valence-electron chi connectivity index (χ3n) is 5.74. The molecule has 0 radical (unpaired) electrons. The first-order chi connectivity index (χ1) is 14.3. The quantitative estimate of drug-likeness (QED) is 0.435. The van der Waals surface area contributed by atoms with Crippen molar-refractivity contribution in [2.24, 2.45) is 5.92 Å². The minimum Gasteiger partial charge on any atom is -0.299 e. The zero-order chi connectivity index (χ0) is 19.4. The first kappa shape index (κ1) is 17.5. The van der Waals surface area contributed by atoms with Crippen LogP contribution in [0.5, 0.6) is 0 Å². The highest BCUT2D eigenvalue weighted by Gasteiger charge is 2.31. The molecule has 0 spiro atoms. The Morgan fingerprint density at radius 3 is 2.93 bits per heavy atom. The molecular weight excluding hydrogens is 400 g/mol. The molecule has 0 unspecified atom stereocenters. The van der Waals surface area contributed by atoms with Gasteiger partial charge in [0.2, 0.25) is 0 Å². The Kier molecular flexibility index (Phi) is 4.16. The molecule has 0 bridgehead atoms. The van der Waals surface area contributed by atoms with E-state index in [0.717, 1.165) is 45.2 Å². The van der Waals surface area contributed by atoms with Gasteiger partial charge in [-0.05, 0) is 67.5 Å². The number of fused-ring (bicyclic) bond motifs is 3. The van der Waals surface area contributed by atoms with E-state index in [-0.39, 0.29) is 0 Å². The van der Waals surface area contributed by atoms with E-state index in [9.17, 15) is 0 Å². The molecule has 2 aliphatic carbocycles. The lowest BCUT2D eigenvalue weighted by molar-refractivity contribution is 0.509. The molecule has 6 rings (SSSR count). The van der Waals surface area contributed by atoms with Crippen molar-refractivity contribution >= 4 is 33.3 Å². The van der Waals surface area contributed by atoms with Crippen LogP contribution < -0.4 is 0 Å². The van der Waals surface area contributed by atoms with Gasteiger partial charge in [0.25, 0.3) is 0 Å². The molecule has 4 aromatic heterocycles. The van der Waals surface area contributed by atoms with Crippen molar-refractivity contribution in [3.8, 4) is 11.4 Å². The van der Waals surface area contributed by atoms with Gasteiger partial charge in [-0.1, -0.05) is 6.92 Å². The van der Waals surface area contributed by atoms with Crippen LogP contribution in [0.25, 0.3) is 21.6 Å². The van der Waals surface area contributed by atoms with E-state index in [1.807, 2.05) is 29.7 Å². The topological polar surface area (TPSA) is 69.4 Å². The summed E-state index contributed by atoms with van der Waals surface area (Å²) >= 11 is 3.47. The maximum atomic E-state index is 4.67. The van der Waals surface area contributed by atoms with Crippen molar-refractivity contribution in [3.63, 3.8) is 0 Å². The highest BCUT2D eigenvalue weighted by molar-refractivity contribution is 7.99. The summed E-state index contributed by atoms with van der Waals surface area (Å²) in [6.45, 7) is 2.34. The van der Waals surface area contributed by atoms with Crippen LogP contribution in [-0.4, -0.2) is 29.7 Å². The molecule has 4 heterocycles.